The molecule has 6 heteroatoms. The fourth-order valence-electron chi connectivity index (χ4n) is 1.50. The molecule has 0 aliphatic heterocycles. The van der Waals surface area contributed by atoms with Crippen molar-refractivity contribution in [2.45, 2.75) is 9.79 Å². The predicted molar refractivity (Wildman–Crippen MR) is 69.9 cm³/mol. The van der Waals surface area contributed by atoms with E-state index in [9.17, 15) is 13.6 Å². The number of nitrogen functional groups attached to an aromatic ring is 1. The summed E-state index contributed by atoms with van der Waals surface area (Å²) in [5, 5.41) is 0. The number of halogens is 2. The Balaban J connectivity index is 2.33. The van der Waals surface area contributed by atoms with Gasteiger partial charge in [-0.1, -0.05) is 11.8 Å². The number of carbonyl (C=O) groups excluding carboxylic acids is 1. The molecule has 3 nitrogen and oxygen atoms in total. The lowest BCUT2D eigenvalue weighted by molar-refractivity contribution is 0.100. The van der Waals surface area contributed by atoms with E-state index in [-0.39, 0.29) is 16.1 Å². The Morgan fingerprint density at radius 2 is 1.84 bits per heavy atom. The van der Waals surface area contributed by atoms with Gasteiger partial charge in [0.15, 0.2) is 0 Å². The predicted octanol–water partition coefficient (Wildman–Crippen LogP) is 2.80. The first kappa shape index (κ1) is 13.4. The van der Waals surface area contributed by atoms with Crippen molar-refractivity contribution in [1.29, 1.82) is 0 Å². The molecule has 0 saturated carbocycles. The lowest BCUT2D eigenvalue weighted by Crippen LogP contribution is -2.13. The van der Waals surface area contributed by atoms with Crippen molar-refractivity contribution < 1.29 is 13.6 Å². The zero-order chi connectivity index (χ0) is 14.0. The third-order valence-corrected chi connectivity index (χ3v) is 3.45. The number of rotatable bonds is 3. The first-order valence-corrected chi connectivity index (χ1v) is 6.11. The van der Waals surface area contributed by atoms with Crippen LogP contribution in [0.5, 0.6) is 0 Å². The quantitative estimate of drug-likeness (QED) is 0.849. The minimum Gasteiger partial charge on any atom is -0.398 e. The SMILES string of the molecule is NC(=O)c1cc(Sc2ccc(F)cc2F)ccc1N. The standard InChI is InChI=1S/C13H10F2N2OS/c14-7-1-4-12(10(15)5-7)19-8-2-3-11(16)9(6-8)13(17)18/h1-6H,16H2,(H2,17,18). The van der Waals surface area contributed by atoms with E-state index < -0.39 is 17.5 Å². The Bertz CT molecular complexity index is 647. The molecular formula is C13H10F2N2OS. The highest BCUT2D eigenvalue weighted by molar-refractivity contribution is 7.99. The Labute approximate surface area is 112 Å². The minimum absolute atomic E-state index is 0.174. The van der Waals surface area contributed by atoms with Crippen LogP contribution >= 0.6 is 11.8 Å². The second kappa shape index (κ2) is 5.27. The maximum absolute atomic E-state index is 13.5. The van der Waals surface area contributed by atoms with Gasteiger partial charge < -0.3 is 11.5 Å². The molecule has 0 atom stereocenters. The number of hydrogen-bond donors (Lipinski definition) is 2. The van der Waals surface area contributed by atoms with Crippen LogP contribution in [0.4, 0.5) is 14.5 Å². The minimum atomic E-state index is -0.664. The monoisotopic (exact) mass is 280 g/mol. The number of amides is 1. The Hall–Kier alpha value is -2.08. The van der Waals surface area contributed by atoms with Crippen molar-refractivity contribution in [1.82, 2.24) is 0 Å². The lowest BCUT2D eigenvalue weighted by atomic mass is 10.2. The summed E-state index contributed by atoms with van der Waals surface area (Å²) in [7, 11) is 0. The van der Waals surface area contributed by atoms with Gasteiger partial charge in [-0.3, -0.25) is 4.79 Å². The number of carbonyl (C=O) groups is 1. The summed E-state index contributed by atoms with van der Waals surface area (Å²) >= 11 is 1.06. The molecule has 0 fully saturated rings. The van der Waals surface area contributed by atoms with Crippen LogP contribution in [0.3, 0.4) is 0 Å². The number of anilines is 1. The van der Waals surface area contributed by atoms with Gasteiger partial charge in [-0.25, -0.2) is 8.78 Å². The number of benzene rings is 2. The largest absolute Gasteiger partial charge is 0.398 e. The van der Waals surface area contributed by atoms with Gasteiger partial charge in [-0.05, 0) is 30.3 Å². The lowest BCUT2D eigenvalue weighted by Gasteiger charge is -2.06. The molecule has 19 heavy (non-hydrogen) atoms. The first-order chi connectivity index (χ1) is 8.97. The van der Waals surface area contributed by atoms with E-state index in [1.54, 1.807) is 6.07 Å². The molecule has 4 N–H and O–H groups in total. The fourth-order valence-corrected chi connectivity index (χ4v) is 2.36. The van der Waals surface area contributed by atoms with Gasteiger partial charge in [-0.2, -0.15) is 0 Å². The van der Waals surface area contributed by atoms with E-state index in [1.807, 2.05) is 0 Å². The fraction of sp³-hybridized carbons (Fsp3) is 0. The Morgan fingerprint density at radius 3 is 2.47 bits per heavy atom. The van der Waals surface area contributed by atoms with Gasteiger partial charge in [0.05, 0.1) is 5.56 Å². The zero-order valence-electron chi connectivity index (χ0n) is 9.69. The molecular weight excluding hydrogens is 270 g/mol. The summed E-state index contributed by atoms with van der Waals surface area (Å²) in [6, 6.07) is 7.92. The van der Waals surface area contributed by atoms with Crippen molar-refractivity contribution in [3.05, 3.63) is 53.6 Å². The highest BCUT2D eigenvalue weighted by Gasteiger charge is 2.10. The van der Waals surface area contributed by atoms with Gasteiger partial charge in [0.2, 0.25) is 0 Å². The van der Waals surface area contributed by atoms with E-state index in [2.05, 4.69) is 0 Å². The average molecular weight is 280 g/mol. The Kier molecular flexibility index (Phi) is 3.71. The van der Waals surface area contributed by atoms with Gasteiger partial charge >= 0.3 is 0 Å². The molecule has 0 saturated heterocycles. The second-order valence-corrected chi connectivity index (χ2v) is 4.91. The van der Waals surface area contributed by atoms with Crippen LogP contribution in [0.25, 0.3) is 0 Å². The summed E-state index contributed by atoms with van der Waals surface area (Å²) in [6.07, 6.45) is 0. The van der Waals surface area contributed by atoms with Crippen LogP contribution in [-0.4, -0.2) is 5.91 Å². The third kappa shape index (κ3) is 3.03. The molecule has 0 heterocycles. The van der Waals surface area contributed by atoms with Crippen LogP contribution in [0, 0.1) is 11.6 Å². The van der Waals surface area contributed by atoms with Crippen LogP contribution in [0.15, 0.2) is 46.2 Å². The second-order valence-electron chi connectivity index (χ2n) is 3.79. The average Bonchev–Trinajstić information content (AvgIpc) is 2.34. The van der Waals surface area contributed by atoms with E-state index in [4.69, 9.17) is 11.5 Å². The molecule has 2 rings (SSSR count). The molecule has 0 aromatic heterocycles. The van der Waals surface area contributed by atoms with Crippen LogP contribution in [0.1, 0.15) is 10.4 Å². The van der Waals surface area contributed by atoms with E-state index in [1.165, 1.54) is 18.2 Å². The summed E-state index contributed by atoms with van der Waals surface area (Å²) in [5.41, 5.74) is 11.2. The van der Waals surface area contributed by atoms with Crippen molar-refractivity contribution in [2.24, 2.45) is 5.73 Å². The van der Waals surface area contributed by atoms with Crippen LogP contribution < -0.4 is 11.5 Å². The first-order valence-electron chi connectivity index (χ1n) is 5.29. The summed E-state index contributed by atoms with van der Waals surface area (Å²) in [4.78, 5) is 12.0. The van der Waals surface area contributed by atoms with Gasteiger partial charge in [-0.15, -0.1) is 0 Å². The van der Waals surface area contributed by atoms with Crippen LogP contribution in [-0.2, 0) is 0 Å². The molecule has 98 valence electrons. The number of primary amides is 1. The summed E-state index contributed by atoms with van der Waals surface area (Å²) in [6.45, 7) is 0. The Morgan fingerprint density at radius 1 is 1.11 bits per heavy atom. The summed E-state index contributed by atoms with van der Waals surface area (Å²) < 4.78 is 26.3. The molecule has 0 spiro atoms. The molecule has 0 bridgehead atoms. The topological polar surface area (TPSA) is 69.1 Å². The molecule has 1 amide bonds. The van der Waals surface area contributed by atoms with Crippen LogP contribution in [0.2, 0.25) is 0 Å². The van der Waals surface area contributed by atoms with Crippen molar-refractivity contribution in [3.8, 4) is 0 Å². The summed E-state index contributed by atoms with van der Waals surface area (Å²) in [5.74, 6) is -1.96. The van der Waals surface area contributed by atoms with E-state index in [0.29, 0.717) is 4.90 Å². The molecule has 0 radical (unpaired) electrons. The maximum Gasteiger partial charge on any atom is 0.250 e. The van der Waals surface area contributed by atoms with Gasteiger partial charge in [0.1, 0.15) is 11.6 Å². The molecule has 0 unspecified atom stereocenters. The molecule has 2 aromatic carbocycles. The molecule has 0 aliphatic rings. The number of hydrogen-bond acceptors (Lipinski definition) is 3. The zero-order valence-corrected chi connectivity index (χ0v) is 10.5. The van der Waals surface area contributed by atoms with Gasteiger partial charge in [0, 0.05) is 21.5 Å². The van der Waals surface area contributed by atoms with Crippen molar-refractivity contribution >= 4 is 23.4 Å². The number of nitrogens with two attached hydrogens (primary N) is 2. The highest BCUT2D eigenvalue weighted by Crippen LogP contribution is 2.31. The van der Waals surface area contributed by atoms with E-state index >= 15 is 0 Å². The normalized spacial score (nSPS) is 10.4. The van der Waals surface area contributed by atoms with Crippen molar-refractivity contribution in [2.75, 3.05) is 5.73 Å². The van der Waals surface area contributed by atoms with E-state index in [0.717, 1.165) is 23.9 Å². The highest BCUT2D eigenvalue weighted by atomic mass is 32.2. The molecule has 2 aromatic rings. The smallest absolute Gasteiger partial charge is 0.250 e. The third-order valence-electron chi connectivity index (χ3n) is 2.41. The van der Waals surface area contributed by atoms with Crippen molar-refractivity contribution in [3.63, 3.8) is 0 Å². The maximum atomic E-state index is 13.5. The molecule has 0 aliphatic carbocycles. The van der Waals surface area contributed by atoms with Gasteiger partial charge in [0.25, 0.3) is 5.91 Å².